The van der Waals surface area contributed by atoms with Crippen molar-refractivity contribution < 1.29 is 9.13 Å². The van der Waals surface area contributed by atoms with Crippen molar-refractivity contribution in [2.45, 2.75) is 50.7 Å². The maximum atomic E-state index is 13.3. The molecule has 98 valence electrons. The van der Waals surface area contributed by atoms with E-state index in [0.717, 1.165) is 30.7 Å². The van der Waals surface area contributed by atoms with Crippen molar-refractivity contribution in [2.75, 3.05) is 0 Å². The normalized spacial score (nSPS) is 35.1. The Bertz CT molecular complexity index is 452. The minimum Gasteiger partial charge on any atom is -0.487 e. The molecule has 0 unspecified atom stereocenters. The third-order valence-electron chi connectivity index (χ3n) is 4.48. The molecule has 2 aliphatic rings. The summed E-state index contributed by atoms with van der Waals surface area (Å²) in [6, 6.07) is 4.67. The second kappa shape index (κ2) is 4.23. The monoisotopic (exact) mass is 249 g/mol. The van der Waals surface area contributed by atoms with Crippen LogP contribution in [0.2, 0.25) is 0 Å². The van der Waals surface area contributed by atoms with Crippen LogP contribution in [0.4, 0.5) is 4.39 Å². The van der Waals surface area contributed by atoms with Gasteiger partial charge in [-0.25, -0.2) is 4.39 Å². The van der Waals surface area contributed by atoms with Crippen LogP contribution in [0.15, 0.2) is 18.2 Å². The number of fused-ring (bicyclic) bond motifs is 1. The van der Waals surface area contributed by atoms with Gasteiger partial charge in [0, 0.05) is 24.1 Å². The first-order valence-electron chi connectivity index (χ1n) is 6.82. The fourth-order valence-corrected chi connectivity index (χ4v) is 3.28. The number of nitrogens with two attached hydrogens (primary N) is 1. The predicted octanol–water partition coefficient (Wildman–Crippen LogP) is 3.56. The first kappa shape index (κ1) is 12.0. The summed E-state index contributed by atoms with van der Waals surface area (Å²) in [5, 5.41) is 0. The van der Waals surface area contributed by atoms with E-state index in [1.165, 1.54) is 25.0 Å². The smallest absolute Gasteiger partial charge is 0.127 e. The Labute approximate surface area is 107 Å². The van der Waals surface area contributed by atoms with Crippen LogP contribution < -0.4 is 10.5 Å². The molecule has 1 spiro atoms. The van der Waals surface area contributed by atoms with E-state index in [9.17, 15) is 4.39 Å². The highest BCUT2D eigenvalue weighted by atomic mass is 19.1. The average molecular weight is 249 g/mol. The van der Waals surface area contributed by atoms with Crippen molar-refractivity contribution in [3.8, 4) is 5.75 Å². The lowest BCUT2D eigenvalue weighted by atomic mass is 9.74. The van der Waals surface area contributed by atoms with E-state index in [1.54, 1.807) is 6.07 Å². The van der Waals surface area contributed by atoms with E-state index in [2.05, 4.69) is 6.92 Å². The molecule has 2 N–H and O–H groups in total. The maximum Gasteiger partial charge on any atom is 0.127 e. The van der Waals surface area contributed by atoms with Gasteiger partial charge in [0.15, 0.2) is 0 Å². The Morgan fingerprint density at radius 2 is 2.06 bits per heavy atom. The molecular formula is C15H20FNO. The van der Waals surface area contributed by atoms with E-state index in [-0.39, 0.29) is 17.5 Å². The number of hydrogen-bond donors (Lipinski definition) is 1. The number of benzene rings is 1. The van der Waals surface area contributed by atoms with E-state index in [1.807, 2.05) is 0 Å². The van der Waals surface area contributed by atoms with Crippen molar-refractivity contribution >= 4 is 0 Å². The number of rotatable bonds is 0. The molecule has 1 fully saturated rings. The second-order valence-corrected chi connectivity index (χ2v) is 5.96. The molecule has 1 atom stereocenters. The summed E-state index contributed by atoms with van der Waals surface area (Å²) in [6.45, 7) is 2.28. The summed E-state index contributed by atoms with van der Waals surface area (Å²) in [5.74, 6) is 1.18. The molecule has 0 saturated heterocycles. The molecule has 1 aromatic rings. The lowest BCUT2D eigenvalue weighted by molar-refractivity contribution is -0.00879. The summed E-state index contributed by atoms with van der Waals surface area (Å²) in [4.78, 5) is 0. The predicted molar refractivity (Wildman–Crippen MR) is 68.9 cm³/mol. The molecular weight excluding hydrogens is 229 g/mol. The summed E-state index contributed by atoms with van der Waals surface area (Å²) < 4.78 is 19.5. The van der Waals surface area contributed by atoms with Gasteiger partial charge in [0.25, 0.3) is 0 Å². The Hall–Kier alpha value is -1.09. The molecule has 1 saturated carbocycles. The molecule has 1 aromatic carbocycles. The summed E-state index contributed by atoms with van der Waals surface area (Å²) >= 11 is 0. The van der Waals surface area contributed by atoms with Gasteiger partial charge in [-0.3, -0.25) is 0 Å². The largest absolute Gasteiger partial charge is 0.487 e. The van der Waals surface area contributed by atoms with Crippen molar-refractivity contribution in [1.82, 2.24) is 0 Å². The summed E-state index contributed by atoms with van der Waals surface area (Å²) in [7, 11) is 0. The van der Waals surface area contributed by atoms with Crippen molar-refractivity contribution in [3.63, 3.8) is 0 Å². The molecule has 0 radical (unpaired) electrons. The van der Waals surface area contributed by atoms with Crippen LogP contribution in [0.1, 0.15) is 50.6 Å². The van der Waals surface area contributed by atoms with Crippen LogP contribution in [0.25, 0.3) is 0 Å². The van der Waals surface area contributed by atoms with Gasteiger partial charge < -0.3 is 10.5 Å². The second-order valence-electron chi connectivity index (χ2n) is 5.96. The third-order valence-corrected chi connectivity index (χ3v) is 4.48. The zero-order valence-electron chi connectivity index (χ0n) is 10.8. The molecule has 1 aliphatic carbocycles. The molecule has 1 heterocycles. The standard InChI is InChI=1S/C15H20FNO/c1-10-4-6-15(7-5-10)9-13(17)12-3-2-11(16)8-14(12)18-15/h2-3,8,10,13H,4-7,9,17H2,1H3/t10?,13-,15?/m1/s1. The topological polar surface area (TPSA) is 35.2 Å². The zero-order chi connectivity index (χ0) is 12.8. The fraction of sp³-hybridized carbons (Fsp3) is 0.600. The maximum absolute atomic E-state index is 13.3. The van der Waals surface area contributed by atoms with Crippen molar-refractivity contribution in [1.29, 1.82) is 0 Å². The quantitative estimate of drug-likeness (QED) is 0.763. The van der Waals surface area contributed by atoms with Gasteiger partial charge in [-0.15, -0.1) is 0 Å². The Kier molecular flexibility index (Phi) is 2.81. The molecule has 2 nitrogen and oxygen atoms in total. The molecule has 0 amide bonds. The first-order chi connectivity index (χ1) is 8.58. The highest BCUT2D eigenvalue weighted by Crippen LogP contribution is 2.46. The van der Waals surface area contributed by atoms with Crippen molar-refractivity contribution in [3.05, 3.63) is 29.6 Å². The molecule has 1 aliphatic heterocycles. The Balaban J connectivity index is 1.90. The van der Waals surface area contributed by atoms with Crippen LogP contribution >= 0.6 is 0 Å². The average Bonchev–Trinajstić information content (AvgIpc) is 2.33. The van der Waals surface area contributed by atoms with Crippen LogP contribution in [0.5, 0.6) is 5.75 Å². The molecule has 18 heavy (non-hydrogen) atoms. The summed E-state index contributed by atoms with van der Waals surface area (Å²) in [6.07, 6.45) is 5.29. The van der Waals surface area contributed by atoms with E-state index >= 15 is 0 Å². The van der Waals surface area contributed by atoms with E-state index in [0.29, 0.717) is 5.75 Å². The van der Waals surface area contributed by atoms with Gasteiger partial charge in [-0.05, 0) is 37.7 Å². The van der Waals surface area contributed by atoms with Crippen LogP contribution in [-0.4, -0.2) is 5.60 Å². The van der Waals surface area contributed by atoms with Gasteiger partial charge in [-0.1, -0.05) is 13.0 Å². The van der Waals surface area contributed by atoms with Crippen LogP contribution in [0.3, 0.4) is 0 Å². The Morgan fingerprint density at radius 3 is 2.78 bits per heavy atom. The third kappa shape index (κ3) is 2.01. The summed E-state index contributed by atoms with van der Waals surface area (Å²) in [5.41, 5.74) is 7.03. The van der Waals surface area contributed by atoms with E-state index in [4.69, 9.17) is 10.5 Å². The minimum absolute atomic E-state index is 0.0252. The van der Waals surface area contributed by atoms with Gasteiger partial charge in [0.2, 0.25) is 0 Å². The molecule has 0 aromatic heterocycles. The Morgan fingerprint density at radius 1 is 1.33 bits per heavy atom. The van der Waals surface area contributed by atoms with E-state index < -0.39 is 0 Å². The molecule has 3 heteroatoms. The highest BCUT2D eigenvalue weighted by Gasteiger charge is 2.41. The van der Waals surface area contributed by atoms with Gasteiger partial charge >= 0.3 is 0 Å². The minimum atomic E-state index is -0.248. The first-order valence-corrected chi connectivity index (χ1v) is 6.82. The number of ether oxygens (including phenoxy) is 1. The fourth-order valence-electron chi connectivity index (χ4n) is 3.28. The van der Waals surface area contributed by atoms with Crippen LogP contribution in [0, 0.1) is 11.7 Å². The van der Waals surface area contributed by atoms with Gasteiger partial charge in [0.05, 0.1) is 0 Å². The lowest BCUT2D eigenvalue weighted by Crippen LogP contribution is -2.45. The van der Waals surface area contributed by atoms with Gasteiger partial charge in [-0.2, -0.15) is 0 Å². The number of halogens is 1. The van der Waals surface area contributed by atoms with Crippen molar-refractivity contribution in [2.24, 2.45) is 11.7 Å². The van der Waals surface area contributed by atoms with Gasteiger partial charge in [0.1, 0.15) is 17.2 Å². The zero-order valence-corrected chi connectivity index (χ0v) is 10.8. The number of hydrogen-bond acceptors (Lipinski definition) is 2. The van der Waals surface area contributed by atoms with Crippen LogP contribution in [-0.2, 0) is 0 Å². The highest BCUT2D eigenvalue weighted by molar-refractivity contribution is 5.39. The lowest BCUT2D eigenvalue weighted by Gasteiger charge is -2.45. The molecule has 0 bridgehead atoms. The SMILES string of the molecule is CC1CCC2(CC1)C[C@@H](N)c1ccc(F)cc1O2. The molecule has 3 rings (SSSR count).